The van der Waals surface area contributed by atoms with Gasteiger partial charge in [-0.2, -0.15) is 0 Å². The Bertz CT molecular complexity index is 358. The predicted molar refractivity (Wildman–Crippen MR) is 57.5 cm³/mol. The molecule has 4 nitrogen and oxygen atoms in total. The summed E-state index contributed by atoms with van der Waals surface area (Å²) in [5.74, 6) is 2.73. The number of carbonyl (C=O) groups excluding carboxylic acids is 1. The van der Waals surface area contributed by atoms with Crippen LogP contribution in [0.15, 0.2) is 5.38 Å². The van der Waals surface area contributed by atoms with Crippen LogP contribution in [0.3, 0.4) is 0 Å². The Hall–Kier alpha value is -1.25. The third kappa shape index (κ3) is 3.64. The number of anilines is 1. The average Bonchev–Trinajstić information content (AvgIpc) is 2.58. The number of aromatic nitrogens is 1. The fourth-order valence-corrected chi connectivity index (χ4v) is 1.44. The summed E-state index contributed by atoms with van der Waals surface area (Å²) in [7, 11) is 0. The average molecular weight is 230 g/mol. The summed E-state index contributed by atoms with van der Waals surface area (Å²) in [6, 6.07) is 0. The van der Waals surface area contributed by atoms with E-state index in [9.17, 15) is 4.79 Å². The van der Waals surface area contributed by atoms with Gasteiger partial charge in [0.1, 0.15) is 5.82 Å². The Morgan fingerprint density at radius 1 is 1.79 bits per heavy atom. The van der Waals surface area contributed by atoms with Crippen molar-refractivity contribution in [3.05, 3.63) is 9.85 Å². The maximum atomic E-state index is 11.1. The standard InChI is InChI=1S/C8H8ClN3OS/c1-2-3-10-7(13)4-11-6-5-14-8(9)12-6/h1,5,11H,3-4H2,(H,10,13). The van der Waals surface area contributed by atoms with Crippen LogP contribution < -0.4 is 10.6 Å². The highest BCUT2D eigenvalue weighted by atomic mass is 35.5. The van der Waals surface area contributed by atoms with Gasteiger partial charge in [-0.1, -0.05) is 17.5 Å². The number of terminal acetylenes is 1. The molecule has 1 rings (SSSR count). The minimum Gasteiger partial charge on any atom is -0.360 e. The third-order valence-electron chi connectivity index (χ3n) is 1.29. The number of nitrogens with zero attached hydrogens (tertiary/aromatic N) is 1. The Labute approximate surface area is 90.7 Å². The Kier molecular flexibility index (Phi) is 4.23. The highest BCUT2D eigenvalue weighted by Gasteiger charge is 2.01. The molecule has 0 unspecified atom stereocenters. The van der Waals surface area contributed by atoms with Gasteiger partial charge in [0.15, 0.2) is 4.47 Å². The van der Waals surface area contributed by atoms with Gasteiger partial charge in [-0.25, -0.2) is 4.98 Å². The molecular weight excluding hydrogens is 222 g/mol. The minimum absolute atomic E-state index is 0.141. The fourth-order valence-electron chi connectivity index (χ4n) is 0.716. The summed E-state index contributed by atoms with van der Waals surface area (Å²) in [4.78, 5) is 15.0. The molecule has 0 saturated carbocycles. The van der Waals surface area contributed by atoms with Crippen molar-refractivity contribution in [2.24, 2.45) is 0 Å². The highest BCUT2D eigenvalue weighted by Crippen LogP contribution is 2.18. The van der Waals surface area contributed by atoms with Crippen LogP contribution in [-0.4, -0.2) is 24.0 Å². The molecule has 1 aromatic rings. The van der Waals surface area contributed by atoms with Gasteiger partial charge < -0.3 is 10.6 Å². The molecule has 74 valence electrons. The molecule has 0 radical (unpaired) electrons. The van der Waals surface area contributed by atoms with Crippen LogP contribution in [0.5, 0.6) is 0 Å². The SMILES string of the molecule is C#CCNC(=O)CNc1csc(Cl)n1. The molecule has 6 heteroatoms. The third-order valence-corrected chi connectivity index (χ3v) is 2.27. The first kappa shape index (κ1) is 10.8. The lowest BCUT2D eigenvalue weighted by Crippen LogP contribution is -2.30. The van der Waals surface area contributed by atoms with Crippen molar-refractivity contribution in [2.75, 3.05) is 18.4 Å². The Morgan fingerprint density at radius 2 is 2.57 bits per heavy atom. The summed E-state index contributed by atoms with van der Waals surface area (Å²) in [5, 5.41) is 7.06. The predicted octanol–water partition coefficient (Wildman–Crippen LogP) is 0.958. The normalized spacial score (nSPS) is 9.14. The van der Waals surface area contributed by atoms with E-state index in [1.807, 2.05) is 0 Å². The summed E-state index contributed by atoms with van der Waals surface area (Å²) in [5.41, 5.74) is 0. The van der Waals surface area contributed by atoms with Crippen molar-refractivity contribution < 1.29 is 4.79 Å². The molecule has 2 N–H and O–H groups in total. The minimum atomic E-state index is -0.174. The van der Waals surface area contributed by atoms with E-state index in [-0.39, 0.29) is 19.0 Å². The first-order chi connectivity index (χ1) is 6.72. The van der Waals surface area contributed by atoms with Gasteiger partial charge in [0.2, 0.25) is 5.91 Å². The molecule has 1 heterocycles. The second-order valence-electron chi connectivity index (χ2n) is 2.32. The van der Waals surface area contributed by atoms with E-state index in [4.69, 9.17) is 18.0 Å². The zero-order chi connectivity index (χ0) is 10.4. The second-order valence-corrected chi connectivity index (χ2v) is 3.76. The molecule has 0 aromatic carbocycles. The summed E-state index contributed by atoms with van der Waals surface area (Å²) >= 11 is 6.90. The molecule has 0 fully saturated rings. The van der Waals surface area contributed by atoms with E-state index in [1.54, 1.807) is 5.38 Å². The molecule has 0 aliphatic heterocycles. The maximum absolute atomic E-state index is 11.1. The molecule has 0 atom stereocenters. The van der Waals surface area contributed by atoms with Crippen LogP contribution >= 0.6 is 22.9 Å². The molecular formula is C8H8ClN3OS. The molecule has 1 amide bonds. The monoisotopic (exact) mass is 229 g/mol. The van der Waals surface area contributed by atoms with Crippen molar-refractivity contribution >= 4 is 34.7 Å². The van der Waals surface area contributed by atoms with E-state index in [0.29, 0.717) is 10.3 Å². The lowest BCUT2D eigenvalue weighted by atomic mass is 10.5. The van der Waals surface area contributed by atoms with Gasteiger partial charge in [-0.05, 0) is 0 Å². The second kappa shape index (κ2) is 5.47. The number of thiazole rings is 1. The number of amides is 1. The number of hydrogen-bond acceptors (Lipinski definition) is 4. The van der Waals surface area contributed by atoms with Gasteiger partial charge in [-0.15, -0.1) is 17.8 Å². The number of halogens is 1. The fraction of sp³-hybridized carbons (Fsp3) is 0.250. The van der Waals surface area contributed by atoms with Crippen LogP contribution in [0.4, 0.5) is 5.82 Å². The molecule has 0 bridgehead atoms. The van der Waals surface area contributed by atoms with Crippen molar-refractivity contribution in [1.29, 1.82) is 0 Å². The topological polar surface area (TPSA) is 54.0 Å². The van der Waals surface area contributed by atoms with Gasteiger partial charge in [-0.3, -0.25) is 4.79 Å². The maximum Gasteiger partial charge on any atom is 0.240 e. The van der Waals surface area contributed by atoms with Crippen LogP contribution in [0, 0.1) is 12.3 Å². The van der Waals surface area contributed by atoms with Gasteiger partial charge in [0, 0.05) is 5.38 Å². The largest absolute Gasteiger partial charge is 0.360 e. The van der Waals surface area contributed by atoms with Crippen LogP contribution in [-0.2, 0) is 4.79 Å². The zero-order valence-corrected chi connectivity index (χ0v) is 8.78. The van der Waals surface area contributed by atoms with Crippen molar-refractivity contribution in [1.82, 2.24) is 10.3 Å². The zero-order valence-electron chi connectivity index (χ0n) is 7.21. The van der Waals surface area contributed by atoms with Gasteiger partial charge in [0.25, 0.3) is 0 Å². The van der Waals surface area contributed by atoms with E-state index >= 15 is 0 Å². The highest BCUT2D eigenvalue weighted by molar-refractivity contribution is 7.14. The van der Waals surface area contributed by atoms with Gasteiger partial charge >= 0.3 is 0 Å². The molecule has 0 spiro atoms. The van der Waals surface area contributed by atoms with Gasteiger partial charge in [0.05, 0.1) is 13.1 Å². The lowest BCUT2D eigenvalue weighted by Gasteiger charge is -2.01. The summed E-state index contributed by atoms with van der Waals surface area (Å²) < 4.78 is 0.441. The van der Waals surface area contributed by atoms with Crippen LogP contribution in [0.2, 0.25) is 4.47 Å². The van der Waals surface area contributed by atoms with Crippen LogP contribution in [0.25, 0.3) is 0 Å². The van der Waals surface area contributed by atoms with E-state index in [2.05, 4.69) is 21.5 Å². The Balaban J connectivity index is 2.27. The first-order valence-electron chi connectivity index (χ1n) is 3.77. The number of carbonyl (C=O) groups is 1. The summed E-state index contributed by atoms with van der Waals surface area (Å²) in [6.07, 6.45) is 4.97. The first-order valence-corrected chi connectivity index (χ1v) is 5.03. The molecule has 14 heavy (non-hydrogen) atoms. The van der Waals surface area contributed by atoms with Crippen molar-refractivity contribution in [2.45, 2.75) is 0 Å². The van der Waals surface area contributed by atoms with E-state index in [0.717, 1.165) is 0 Å². The molecule has 0 aliphatic carbocycles. The smallest absolute Gasteiger partial charge is 0.240 e. The van der Waals surface area contributed by atoms with E-state index < -0.39 is 0 Å². The molecule has 0 saturated heterocycles. The number of hydrogen-bond donors (Lipinski definition) is 2. The summed E-state index contributed by atoms with van der Waals surface area (Å²) in [6.45, 7) is 0.375. The number of nitrogens with one attached hydrogen (secondary N) is 2. The number of rotatable bonds is 4. The van der Waals surface area contributed by atoms with Crippen molar-refractivity contribution in [3.63, 3.8) is 0 Å². The van der Waals surface area contributed by atoms with E-state index in [1.165, 1.54) is 11.3 Å². The quantitative estimate of drug-likeness (QED) is 0.757. The Morgan fingerprint density at radius 3 is 3.14 bits per heavy atom. The van der Waals surface area contributed by atoms with Crippen LogP contribution in [0.1, 0.15) is 0 Å². The lowest BCUT2D eigenvalue weighted by molar-refractivity contribution is -0.119. The molecule has 1 aromatic heterocycles. The molecule has 0 aliphatic rings. The van der Waals surface area contributed by atoms with Crippen molar-refractivity contribution in [3.8, 4) is 12.3 Å².